The van der Waals surface area contributed by atoms with E-state index in [4.69, 9.17) is 11.6 Å². The molecule has 0 saturated carbocycles. The molecule has 0 aliphatic heterocycles. The first-order valence-corrected chi connectivity index (χ1v) is 5.69. The molecule has 6 heteroatoms. The summed E-state index contributed by atoms with van der Waals surface area (Å²) in [4.78, 5) is 13.8. The number of hydrogen-bond donors (Lipinski definition) is 1. The highest BCUT2D eigenvalue weighted by atomic mass is 35.5. The van der Waals surface area contributed by atoms with Gasteiger partial charge < -0.3 is 10.2 Å². The first-order chi connectivity index (χ1) is 8.06. The molecule has 1 aromatic rings. The average Bonchev–Trinajstić information content (AvgIpc) is 2.29. The maximum atomic E-state index is 11.8. The third-order valence-corrected chi connectivity index (χ3v) is 2.55. The standard InChI is InChI=1S/C11H17ClN4O/c1-4-5-13-9-8-14-16(7-6-15(2)3)11(17)10(9)12/h4,8,13H,1,5-7H2,2-3H3. The molecule has 1 heterocycles. The number of halogens is 1. The Morgan fingerprint density at radius 3 is 2.94 bits per heavy atom. The molecular formula is C11H17ClN4O. The smallest absolute Gasteiger partial charge is 0.287 e. The van der Waals surface area contributed by atoms with Crippen LogP contribution in [0.5, 0.6) is 0 Å². The molecule has 0 aliphatic carbocycles. The minimum atomic E-state index is -0.275. The van der Waals surface area contributed by atoms with E-state index < -0.39 is 0 Å². The topological polar surface area (TPSA) is 50.2 Å². The maximum Gasteiger partial charge on any atom is 0.287 e. The largest absolute Gasteiger partial charge is 0.379 e. The second kappa shape index (κ2) is 6.42. The van der Waals surface area contributed by atoms with Gasteiger partial charge in [-0.25, -0.2) is 4.68 Å². The number of rotatable bonds is 6. The van der Waals surface area contributed by atoms with E-state index >= 15 is 0 Å². The van der Waals surface area contributed by atoms with Gasteiger partial charge in [0.25, 0.3) is 5.56 Å². The summed E-state index contributed by atoms with van der Waals surface area (Å²) < 4.78 is 1.36. The molecule has 0 radical (unpaired) electrons. The van der Waals surface area contributed by atoms with Crippen LogP contribution in [0.1, 0.15) is 0 Å². The Morgan fingerprint density at radius 2 is 2.35 bits per heavy atom. The van der Waals surface area contributed by atoms with Gasteiger partial charge in [-0.2, -0.15) is 5.10 Å². The lowest BCUT2D eigenvalue weighted by atomic mass is 10.4. The third kappa shape index (κ3) is 3.87. The maximum absolute atomic E-state index is 11.8. The van der Waals surface area contributed by atoms with Crippen molar-refractivity contribution in [2.75, 3.05) is 32.5 Å². The molecule has 1 aromatic heterocycles. The number of nitrogens with one attached hydrogen (secondary N) is 1. The van der Waals surface area contributed by atoms with Gasteiger partial charge in [-0.05, 0) is 14.1 Å². The summed E-state index contributed by atoms with van der Waals surface area (Å²) in [6.45, 7) is 5.38. The molecule has 1 rings (SSSR count). The zero-order valence-corrected chi connectivity index (χ0v) is 10.9. The molecule has 0 spiro atoms. The second-order valence-corrected chi connectivity index (χ2v) is 4.25. The summed E-state index contributed by atoms with van der Waals surface area (Å²) in [5, 5.41) is 7.19. The van der Waals surface area contributed by atoms with Crippen LogP contribution >= 0.6 is 11.6 Å². The van der Waals surface area contributed by atoms with Gasteiger partial charge in [0, 0.05) is 13.1 Å². The Labute approximate surface area is 106 Å². The summed E-state index contributed by atoms with van der Waals surface area (Å²) in [7, 11) is 3.87. The van der Waals surface area contributed by atoms with Crippen molar-refractivity contribution in [3.05, 3.63) is 34.2 Å². The average molecular weight is 257 g/mol. The van der Waals surface area contributed by atoms with Crippen molar-refractivity contribution in [2.45, 2.75) is 6.54 Å². The quantitative estimate of drug-likeness (QED) is 0.774. The van der Waals surface area contributed by atoms with E-state index in [9.17, 15) is 4.79 Å². The lowest BCUT2D eigenvalue weighted by Gasteiger charge is -2.12. The molecule has 0 saturated heterocycles. The van der Waals surface area contributed by atoms with E-state index in [1.807, 2.05) is 19.0 Å². The van der Waals surface area contributed by atoms with Crippen molar-refractivity contribution >= 4 is 17.3 Å². The number of aromatic nitrogens is 2. The fourth-order valence-electron chi connectivity index (χ4n) is 1.22. The Morgan fingerprint density at radius 1 is 1.65 bits per heavy atom. The summed E-state index contributed by atoms with van der Waals surface area (Å²) >= 11 is 5.97. The van der Waals surface area contributed by atoms with E-state index in [-0.39, 0.29) is 10.6 Å². The van der Waals surface area contributed by atoms with Gasteiger partial charge in [0.1, 0.15) is 5.02 Å². The Balaban J connectivity index is 2.86. The molecule has 5 nitrogen and oxygen atoms in total. The Bertz CT molecular complexity index is 442. The van der Waals surface area contributed by atoms with E-state index in [2.05, 4.69) is 17.0 Å². The molecule has 0 aromatic carbocycles. The number of anilines is 1. The first kappa shape index (κ1) is 13.7. The van der Waals surface area contributed by atoms with Gasteiger partial charge in [-0.1, -0.05) is 17.7 Å². The van der Waals surface area contributed by atoms with Crippen LogP contribution in [0.25, 0.3) is 0 Å². The molecule has 17 heavy (non-hydrogen) atoms. The van der Waals surface area contributed by atoms with E-state index in [1.54, 1.807) is 12.3 Å². The van der Waals surface area contributed by atoms with Gasteiger partial charge in [0.2, 0.25) is 0 Å². The van der Waals surface area contributed by atoms with Crippen LogP contribution in [0.15, 0.2) is 23.6 Å². The lowest BCUT2D eigenvalue weighted by molar-refractivity contribution is 0.367. The zero-order valence-electron chi connectivity index (χ0n) is 10.1. The molecular weight excluding hydrogens is 240 g/mol. The Kier molecular flexibility index (Phi) is 5.18. The van der Waals surface area contributed by atoms with Gasteiger partial charge in [-0.3, -0.25) is 4.79 Å². The number of likely N-dealkylation sites (N-methyl/N-ethyl adjacent to an activating group) is 1. The minimum absolute atomic E-state index is 0.167. The lowest BCUT2D eigenvalue weighted by Crippen LogP contribution is -2.29. The van der Waals surface area contributed by atoms with Crippen molar-refractivity contribution in [3.8, 4) is 0 Å². The first-order valence-electron chi connectivity index (χ1n) is 5.31. The molecule has 0 atom stereocenters. The zero-order chi connectivity index (χ0) is 12.8. The van der Waals surface area contributed by atoms with Crippen molar-refractivity contribution in [3.63, 3.8) is 0 Å². The monoisotopic (exact) mass is 256 g/mol. The van der Waals surface area contributed by atoms with Gasteiger partial charge in [0.05, 0.1) is 18.4 Å². The van der Waals surface area contributed by atoms with Crippen molar-refractivity contribution in [1.82, 2.24) is 14.7 Å². The molecule has 0 unspecified atom stereocenters. The molecule has 94 valence electrons. The van der Waals surface area contributed by atoms with Gasteiger partial charge in [-0.15, -0.1) is 6.58 Å². The third-order valence-electron chi connectivity index (χ3n) is 2.18. The highest BCUT2D eigenvalue weighted by molar-refractivity contribution is 6.32. The summed E-state index contributed by atoms with van der Waals surface area (Å²) in [6, 6.07) is 0. The van der Waals surface area contributed by atoms with Crippen molar-refractivity contribution in [1.29, 1.82) is 0 Å². The van der Waals surface area contributed by atoms with Crippen LogP contribution in [-0.2, 0) is 6.54 Å². The Hall–Kier alpha value is -1.33. The fraction of sp³-hybridized carbons (Fsp3) is 0.455. The normalized spacial score (nSPS) is 10.6. The molecule has 1 N–H and O–H groups in total. The molecule has 0 aliphatic rings. The molecule has 0 bridgehead atoms. The predicted octanol–water partition coefficient (Wildman–Crippen LogP) is 1.06. The number of hydrogen-bond acceptors (Lipinski definition) is 4. The molecule has 0 fully saturated rings. The summed E-state index contributed by atoms with van der Waals surface area (Å²) in [5.41, 5.74) is 0.264. The van der Waals surface area contributed by atoms with E-state index in [0.29, 0.717) is 18.8 Å². The predicted molar refractivity (Wildman–Crippen MR) is 70.7 cm³/mol. The summed E-state index contributed by atoms with van der Waals surface area (Å²) in [5.74, 6) is 0. The summed E-state index contributed by atoms with van der Waals surface area (Å²) in [6.07, 6.45) is 3.25. The van der Waals surface area contributed by atoms with Crippen LogP contribution in [0.3, 0.4) is 0 Å². The van der Waals surface area contributed by atoms with E-state index in [0.717, 1.165) is 6.54 Å². The van der Waals surface area contributed by atoms with Crippen molar-refractivity contribution < 1.29 is 0 Å². The second-order valence-electron chi connectivity index (χ2n) is 3.87. The van der Waals surface area contributed by atoms with Crippen LogP contribution in [0.4, 0.5) is 5.69 Å². The minimum Gasteiger partial charge on any atom is -0.379 e. The van der Waals surface area contributed by atoms with Crippen LogP contribution < -0.4 is 10.9 Å². The highest BCUT2D eigenvalue weighted by Crippen LogP contribution is 2.14. The number of nitrogens with zero attached hydrogens (tertiary/aromatic N) is 3. The van der Waals surface area contributed by atoms with Gasteiger partial charge in [0.15, 0.2) is 0 Å². The van der Waals surface area contributed by atoms with E-state index in [1.165, 1.54) is 4.68 Å². The van der Waals surface area contributed by atoms with Crippen LogP contribution in [0, 0.1) is 0 Å². The SMILES string of the molecule is C=CCNc1cnn(CCN(C)C)c(=O)c1Cl. The van der Waals surface area contributed by atoms with Gasteiger partial charge >= 0.3 is 0 Å². The van der Waals surface area contributed by atoms with Crippen LogP contribution in [0.2, 0.25) is 5.02 Å². The molecule has 0 amide bonds. The fourth-order valence-corrected chi connectivity index (χ4v) is 1.44. The van der Waals surface area contributed by atoms with Crippen LogP contribution in [-0.4, -0.2) is 41.9 Å². The highest BCUT2D eigenvalue weighted by Gasteiger charge is 2.08. The van der Waals surface area contributed by atoms with Crippen molar-refractivity contribution in [2.24, 2.45) is 0 Å².